The van der Waals surface area contributed by atoms with E-state index in [-0.39, 0.29) is 16.7 Å². The zero-order valence-electron chi connectivity index (χ0n) is 9.77. The minimum atomic E-state index is -4.48. The first-order valence-electron chi connectivity index (χ1n) is 5.19. The lowest BCUT2D eigenvalue weighted by atomic mass is 10.3. The summed E-state index contributed by atoms with van der Waals surface area (Å²) >= 11 is 5.59. The molecule has 0 aliphatic rings. The highest BCUT2D eigenvalue weighted by Crippen LogP contribution is 2.24. The summed E-state index contributed by atoms with van der Waals surface area (Å²) in [5, 5.41) is 0.0310. The number of aromatic nitrogens is 1. The van der Waals surface area contributed by atoms with Gasteiger partial charge in [-0.3, -0.25) is 4.72 Å². The van der Waals surface area contributed by atoms with Crippen LogP contribution in [0.4, 0.5) is 20.3 Å². The molecule has 106 valence electrons. The van der Waals surface area contributed by atoms with Crippen molar-refractivity contribution in [2.75, 3.05) is 10.5 Å². The van der Waals surface area contributed by atoms with E-state index >= 15 is 0 Å². The van der Waals surface area contributed by atoms with Crippen LogP contribution in [0.1, 0.15) is 0 Å². The topological polar surface area (TPSA) is 85.1 Å². The Hall–Kier alpha value is -1.93. The standard InChI is InChI=1S/C11H8ClF2N3O2S/c12-9-2-1-3-10(16-9)17-20(18,19)11-7(13)4-6(15)5-8(11)14/h1-5H,15H2,(H,16,17). The van der Waals surface area contributed by atoms with Gasteiger partial charge in [0.25, 0.3) is 10.0 Å². The molecule has 0 saturated heterocycles. The van der Waals surface area contributed by atoms with Crippen molar-refractivity contribution in [2.24, 2.45) is 0 Å². The summed E-state index contributed by atoms with van der Waals surface area (Å²) in [6, 6.07) is 5.56. The van der Waals surface area contributed by atoms with Crippen molar-refractivity contribution >= 4 is 33.1 Å². The molecule has 0 aliphatic carbocycles. The smallest absolute Gasteiger partial charge is 0.268 e. The molecule has 0 fully saturated rings. The molecule has 0 aliphatic heterocycles. The molecule has 0 atom stereocenters. The lowest BCUT2D eigenvalue weighted by molar-refractivity contribution is 0.522. The molecule has 2 rings (SSSR count). The number of nitrogens with two attached hydrogens (primary N) is 1. The molecule has 1 heterocycles. The van der Waals surface area contributed by atoms with Gasteiger partial charge in [0.1, 0.15) is 22.6 Å². The Balaban J connectivity index is 2.46. The van der Waals surface area contributed by atoms with Gasteiger partial charge in [-0.25, -0.2) is 22.2 Å². The van der Waals surface area contributed by atoms with E-state index in [0.717, 1.165) is 0 Å². The van der Waals surface area contributed by atoms with Gasteiger partial charge in [0, 0.05) is 5.69 Å². The van der Waals surface area contributed by atoms with Crippen LogP contribution in [0.15, 0.2) is 35.2 Å². The Labute approximate surface area is 118 Å². The highest BCUT2D eigenvalue weighted by Gasteiger charge is 2.25. The first kappa shape index (κ1) is 14.5. The van der Waals surface area contributed by atoms with Crippen molar-refractivity contribution in [1.82, 2.24) is 4.98 Å². The van der Waals surface area contributed by atoms with Gasteiger partial charge in [0.05, 0.1) is 0 Å². The molecule has 1 aromatic heterocycles. The quantitative estimate of drug-likeness (QED) is 0.672. The molecule has 0 spiro atoms. The van der Waals surface area contributed by atoms with E-state index < -0.39 is 26.6 Å². The van der Waals surface area contributed by atoms with Crippen molar-refractivity contribution in [3.05, 3.63) is 47.1 Å². The van der Waals surface area contributed by atoms with Gasteiger partial charge in [-0.05, 0) is 24.3 Å². The normalized spacial score (nSPS) is 11.3. The number of rotatable bonds is 3. The van der Waals surface area contributed by atoms with E-state index in [0.29, 0.717) is 12.1 Å². The third-order valence-corrected chi connectivity index (χ3v) is 3.86. The molecule has 20 heavy (non-hydrogen) atoms. The Bertz CT molecular complexity index is 745. The van der Waals surface area contributed by atoms with Crippen molar-refractivity contribution in [1.29, 1.82) is 0 Å². The van der Waals surface area contributed by atoms with E-state index in [1.54, 1.807) is 0 Å². The van der Waals surface area contributed by atoms with Gasteiger partial charge in [-0.15, -0.1) is 0 Å². The molecular formula is C11H8ClF2N3O2S. The maximum atomic E-state index is 13.6. The Kier molecular flexibility index (Phi) is 3.78. The van der Waals surface area contributed by atoms with Crippen LogP contribution in [0, 0.1) is 11.6 Å². The van der Waals surface area contributed by atoms with Crippen molar-refractivity contribution in [3.8, 4) is 0 Å². The first-order valence-corrected chi connectivity index (χ1v) is 7.05. The minimum absolute atomic E-state index is 0.0310. The number of nitrogen functional groups attached to an aromatic ring is 1. The third-order valence-electron chi connectivity index (χ3n) is 2.24. The first-order chi connectivity index (χ1) is 9.29. The molecule has 9 heteroatoms. The Morgan fingerprint density at radius 3 is 2.35 bits per heavy atom. The Morgan fingerprint density at radius 2 is 1.80 bits per heavy atom. The summed E-state index contributed by atoms with van der Waals surface area (Å²) in [4.78, 5) is 2.54. The van der Waals surface area contributed by atoms with Gasteiger partial charge in [-0.2, -0.15) is 0 Å². The number of pyridine rings is 1. The summed E-state index contributed by atoms with van der Waals surface area (Å²) < 4.78 is 53.0. The van der Waals surface area contributed by atoms with Gasteiger partial charge in [-0.1, -0.05) is 17.7 Å². The summed E-state index contributed by atoms with van der Waals surface area (Å²) in [5.74, 6) is -2.75. The fourth-order valence-corrected chi connectivity index (χ4v) is 2.78. The molecule has 5 nitrogen and oxygen atoms in total. The van der Waals surface area contributed by atoms with E-state index in [9.17, 15) is 17.2 Å². The monoisotopic (exact) mass is 319 g/mol. The Morgan fingerprint density at radius 1 is 1.20 bits per heavy atom. The number of halogens is 3. The predicted molar refractivity (Wildman–Crippen MR) is 70.8 cm³/mol. The van der Waals surface area contributed by atoms with E-state index in [4.69, 9.17) is 17.3 Å². The molecule has 0 unspecified atom stereocenters. The highest BCUT2D eigenvalue weighted by atomic mass is 35.5. The maximum Gasteiger partial charge on any atom is 0.268 e. The number of nitrogens with zero attached hydrogens (tertiary/aromatic N) is 1. The van der Waals surface area contributed by atoms with E-state index in [2.05, 4.69) is 4.98 Å². The predicted octanol–water partition coefficient (Wildman–Crippen LogP) is 2.40. The molecule has 0 bridgehead atoms. The van der Waals surface area contributed by atoms with E-state index in [1.807, 2.05) is 4.72 Å². The number of hydrogen-bond donors (Lipinski definition) is 2. The number of hydrogen-bond acceptors (Lipinski definition) is 4. The van der Waals surface area contributed by atoms with Gasteiger partial charge >= 0.3 is 0 Å². The number of nitrogens with one attached hydrogen (secondary N) is 1. The van der Waals surface area contributed by atoms with Crippen LogP contribution in [0.3, 0.4) is 0 Å². The lowest BCUT2D eigenvalue weighted by Crippen LogP contribution is -2.17. The molecule has 0 saturated carbocycles. The average molecular weight is 320 g/mol. The van der Waals surface area contributed by atoms with Crippen molar-refractivity contribution < 1.29 is 17.2 Å². The maximum absolute atomic E-state index is 13.6. The fraction of sp³-hybridized carbons (Fsp3) is 0. The van der Waals surface area contributed by atoms with E-state index in [1.165, 1.54) is 18.2 Å². The third kappa shape index (κ3) is 2.97. The van der Waals surface area contributed by atoms with Crippen LogP contribution in [0.2, 0.25) is 5.15 Å². The zero-order chi connectivity index (χ0) is 14.9. The van der Waals surface area contributed by atoms with Gasteiger partial charge < -0.3 is 5.73 Å². The summed E-state index contributed by atoms with van der Waals surface area (Å²) in [7, 11) is -4.48. The molecule has 0 radical (unpaired) electrons. The second kappa shape index (κ2) is 5.22. The molecule has 2 aromatic rings. The summed E-state index contributed by atoms with van der Waals surface area (Å²) in [6.45, 7) is 0. The summed E-state index contributed by atoms with van der Waals surface area (Å²) in [5.41, 5.74) is 5.00. The zero-order valence-corrected chi connectivity index (χ0v) is 11.3. The lowest BCUT2D eigenvalue weighted by Gasteiger charge is -2.09. The van der Waals surface area contributed by atoms with Crippen LogP contribution in [0.5, 0.6) is 0 Å². The molecular weight excluding hydrogens is 312 g/mol. The van der Waals surface area contributed by atoms with Crippen LogP contribution in [-0.2, 0) is 10.0 Å². The average Bonchev–Trinajstić information content (AvgIpc) is 2.25. The molecule has 3 N–H and O–H groups in total. The number of sulfonamides is 1. The van der Waals surface area contributed by atoms with Crippen LogP contribution in [-0.4, -0.2) is 13.4 Å². The van der Waals surface area contributed by atoms with Crippen molar-refractivity contribution in [2.45, 2.75) is 4.90 Å². The van der Waals surface area contributed by atoms with Crippen LogP contribution in [0.25, 0.3) is 0 Å². The van der Waals surface area contributed by atoms with Gasteiger partial charge in [0.2, 0.25) is 0 Å². The number of anilines is 2. The molecule has 1 aromatic carbocycles. The van der Waals surface area contributed by atoms with Crippen molar-refractivity contribution in [3.63, 3.8) is 0 Å². The minimum Gasteiger partial charge on any atom is -0.399 e. The fourth-order valence-electron chi connectivity index (χ4n) is 1.49. The second-order valence-electron chi connectivity index (χ2n) is 3.76. The SMILES string of the molecule is Nc1cc(F)c(S(=O)(=O)Nc2cccc(Cl)n2)c(F)c1. The highest BCUT2D eigenvalue weighted by molar-refractivity contribution is 7.92. The van der Waals surface area contributed by atoms with Crippen LogP contribution < -0.4 is 10.5 Å². The molecule has 0 amide bonds. The summed E-state index contributed by atoms with van der Waals surface area (Å²) in [6.07, 6.45) is 0. The van der Waals surface area contributed by atoms with Gasteiger partial charge in [0.15, 0.2) is 4.90 Å². The number of benzene rings is 1. The van der Waals surface area contributed by atoms with Crippen LogP contribution >= 0.6 is 11.6 Å². The second-order valence-corrected chi connectivity index (χ2v) is 5.77. The largest absolute Gasteiger partial charge is 0.399 e.